The number of hydrogen-bond acceptors (Lipinski definition) is 3. The first-order valence-electron chi connectivity index (χ1n) is 5.81. The van der Waals surface area contributed by atoms with Crippen LogP contribution in [0.1, 0.15) is 25.7 Å². The number of rotatable bonds is 3. The molecule has 94 valence electrons. The molecular weight excluding hydrogens is 250 g/mol. The van der Waals surface area contributed by atoms with Crippen molar-refractivity contribution in [1.29, 1.82) is 0 Å². The molecule has 0 saturated carbocycles. The topological polar surface area (TPSA) is 46.6 Å². The molecule has 2 saturated heterocycles. The second kappa shape index (κ2) is 5.21. The van der Waals surface area contributed by atoms with Crippen LogP contribution in [0.4, 0.5) is 0 Å². The van der Waals surface area contributed by atoms with Gasteiger partial charge in [0.15, 0.2) is 0 Å². The molecule has 0 spiro atoms. The fourth-order valence-electron chi connectivity index (χ4n) is 2.22. The fraction of sp³-hybridized carbons (Fsp3) is 1.00. The highest BCUT2D eigenvalue weighted by molar-refractivity contribution is 7.89. The van der Waals surface area contributed by atoms with Crippen molar-refractivity contribution in [2.75, 3.05) is 25.4 Å². The zero-order valence-electron chi connectivity index (χ0n) is 9.27. The Morgan fingerprint density at radius 3 is 2.50 bits per heavy atom. The molecule has 2 aliphatic rings. The molecule has 4 nitrogen and oxygen atoms in total. The number of piperidine rings is 1. The summed E-state index contributed by atoms with van der Waals surface area (Å²) >= 11 is 5.96. The lowest BCUT2D eigenvalue weighted by molar-refractivity contribution is 0.126. The Kier molecular flexibility index (Phi) is 4.11. The number of nitrogens with zero attached hydrogens (tertiary/aromatic N) is 1. The molecule has 0 aromatic carbocycles. The molecule has 1 unspecified atom stereocenters. The van der Waals surface area contributed by atoms with Gasteiger partial charge in [-0.1, -0.05) is 0 Å². The largest absolute Gasteiger partial charge is 0.377 e. The Bertz CT molecular complexity index is 319. The maximum atomic E-state index is 12.1. The van der Waals surface area contributed by atoms with E-state index in [0.29, 0.717) is 19.7 Å². The maximum absolute atomic E-state index is 12.1. The molecule has 0 aromatic heterocycles. The third kappa shape index (κ3) is 3.09. The van der Waals surface area contributed by atoms with E-state index in [0.717, 1.165) is 25.7 Å². The molecule has 2 aliphatic heterocycles. The van der Waals surface area contributed by atoms with Crippen LogP contribution in [-0.2, 0) is 14.8 Å². The predicted molar refractivity (Wildman–Crippen MR) is 63.2 cm³/mol. The van der Waals surface area contributed by atoms with Gasteiger partial charge in [-0.2, -0.15) is 0 Å². The quantitative estimate of drug-likeness (QED) is 0.722. The molecule has 16 heavy (non-hydrogen) atoms. The average molecular weight is 268 g/mol. The summed E-state index contributed by atoms with van der Waals surface area (Å²) in [6.45, 7) is 1.82. The average Bonchev–Trinajstić information content (AvgIpc) is 2.70. The first-order chi connectivity index (χ1) is 7.58. The number of ether oxygens (including phenoxy) is 1. The van der Waals surface area contributed by atoms with Crippen LogP contribution < -0.4 is 0 Å². The van der Waals surface area contributed by atoms with Gasteiger partial charge in [0.25, 0.3) is 0 Å². The summed E-state index contributed by atoms with van der Waals surface area (Å²) in [5.74, 6) is 0.139. The summed E-state index contributed by atoms with van der Waals surface area (Å²) in [6.07, 6.45) is 3.26. The summed E-state index contributed by atoms with van der Waals surface area (Å²) < 4.78 is 31.0. The van der Waals surface area contributed by atoms with E-state index in [4.69, 9.17) is 16.3 Å². The van der Waals surface area contributed by atoms with Crippen LogP contribution in [0.25, 0.3) is 0 Å². The maximum Gasteiger partial charge on any atom is 0.216 e. The van der Waals surface area contributed by atoms with Gasteiger partial charge in [0.2, 0.25) is 10.0 Å². The highest BCUT2D eigenvalue weighted by atomic mass is 35.5. The van der Waals surface area contributed by atoms with E-state index in [2.05, 4.69) is 0 Å². The van der Waals surface area contributed by atoms with E-state index in [-0.39, 0.29) is 17.2 Å². The van der Waals surface area contributed by atoms with E-state index >= 15 is 0 Å². The van der Waals surface area contributed by atoms with E-state index in [1.807, 2.05) is 0 Å². The van der Waals surface area contributed by atoms with Crippen molar-refractivity contribution in [1.82, 2.24) is 4.31 Å². The summed E-state index contributed by atoms with van der Waals surface area (Å²) in [5.41, 5.74) is 0. The van der Waals surface area contributed by atoms with Crippen molar-refractivity contribution in [3.8, 4) is 0 Å². The molecule has 6 heteroatoms. The van der Waals surface area contributed by atoms with Crippen molar-refractivity contribution in [3.05, 3.63) is 0 Å². The van der Waals surface area contributed by atoms with Gasteiger partial charge in [-0.05, 0) is 25.7 Å². The minimum absolute atomic E-state index is 0.0984. The minimum atomic E-state index is -3.14. The SMILES string of the molecule is O=S(=O)(CC1CCCO1)N1CCC(Cl)CC1. The normalized spacial score (nSPS) is 29.7. The molecule has 2 heterocycles. The molecule has 0 amide bonds. The number of halogens is 1. The summed E-state index contributed by atoms with van der Waals surface area (Å²) in [6, 6.07) is 0. The van der Waals surface area contributed by atoms with Crippen molar-refractivity contribution in [3.63, 3.8) is 0 Å². The van der Waals surface area contributed by atoms with Crippen LogP contribution in [0.5, 0.6) is 0 Å². The lowest BCUT2D eigenvalue weighted by Crippen LogP contribution is -2.42. The Labute approximate surface area is 102 Å². The molecule has 2 fully saturated rings. The van der Waals surface area contributed by atoms with Crippen LogP contribution in [0.3, 0.4) is 0 Å². The molecule has 1 atom stereocenters. The lowest BCUT2D eigenvalue weighted by Gasteiger charge is -2.29. The van der Waals surface area contributed by atoms with Crippen molar-refractivity contribution in [2.45, 2.75) is 37.2 Å². The Balaban J connectivity index is 1.90. The van der Waals surface area contributed by atoms with Crippen LogP contribution in [0.15, 0.2) is 0 Å². The van der Waals surface area contributed by atoms with Gasteiger partial charge < -0.3 is 4.74 Å². The third-order valence-electron chi connectivity index (χ3n) is 3.20. The number of sulfonamides is 1. The zero-order chi connectivity index (χ0) is 11.6. The summed E-state index contributed by atoms with van der Waals surface area (Å²) in [4.78, 5) is 0. The smallest absolute Gasteiger partial charge is 0.216 e. The fourth-order valence-corrected chi connectivity index (χ4v) is 4.12. The molecular formula is C10H18ClNO3S. The van der Waals surface area contributed by atoms with Crippen LogP contribution in [-0.4, -0.2) is 49.7 Å². The second-order valence-corrected chi connectivity index (χ2v) is 7.12. The van der Waals surface area contributed by atoms with Crippen LogP contribution >= 0.6 is 11.6 Å². The Hall–Kier alpha value is 0.160. The van der Waals surface area contributed by atoms with E-state index in [1.54, 1.807) is 4.31 Å². The predicted octanol–water partition coefficient (Wildman–Crippen LogP) is 1.20. The van der Waals surface area contributed by atoms with Gasteiger partial charge in [0, 0.05) is 25.1 Å². The van der Waals surface area contributed by atoms with E-state index in [1.165, 1.54) is 0 Å². The Morgan fingerprint density at radius 1 is 1.25 bits per heavy atom. The van der Waals surface area contributed by atoms with Crippen LogP contribution in [0, 0.1) is 0 Å². The summed E-state index contributed by atoms with van der Waals surface area (Å²) in [7, 11) is -3.14. The lowest BCUT2D eigenvalue weighted by atomic mass is 10.2. The molecule has 0 aliphatic carbocycles. The van der Waals surface area contributed by atoms with Crippen LogP contribution in [0.2, 0.25) is 0 Å². The molecule has 0 aromatic rings. The minimum Gasteiger partial charge on any atom is -0.377 e. The summed E-state index contributed by atoms with van der Waals surface area (Å²) in [5, 5.41) is 0.134. The van der Waals surface area contributed by atoms with E-state index < -0.39 is 10.0 Å². The van der Waals surface area contributed by atoms with Gasteiger partial charge in [-0.25, -0.2) is 12.7 Å². The highest BCUT2D eigenvalue weighted by Crippen LogP contribution is 2.21. The van der Waals surface area contributed by atoms with Gasteiger partial charge in [-0.3, -0.25) is 0 Å². The van der Waals surface area contributed by atoms with Crippen molar-refractivity contribution < 1.29 is 13.2 Å². The standard InChI is InChI=1S/C10H18ClNO3S/c11-9-3-5-12(6-4-9)16(13,14)8-10-2-1-7-15-10/h9-10H,1-8H2. The molecule has 0 bridgehead atoms. The molecule has 2 rings (SSSR count). The van der Waals surface area contributed by atoms with Gasteiger partial charge in [0.1, 0.15) is 0 Å². The first kappa shape index (κ1) is 12.6. The second-order valence-electron chi connectivity index (χ2n) is 4.49. The van der Waals surface area contributed by atoms with Crippen molar-refractivity contribution in [2.24, 2.45) is 0 Å². The molecule has 0 N–H and O–H groups in total. The monoisotopic (exact) mass is 267 g/mol. The van der Waals surface area contributed by atoms with E-state index in [9.17, 15) is 8.42 Å². The van der Waals surface area contributed by atoms with Gasteiger partial charge >= 0.3 is 0 Å². The zero-order valence-corrected chi connectivity index (χ0v) is 10.8. The highest BCUT2D eigenvalue weighted by Gasteiger charge is 2.31. The first-order valence-corrected chi connectivity index (χ1v) is 7.86. The van der Waals surface area contributed by atoms with Gasteiger partial charge in [-0.15, -0.1) is 11.6 Å². The number of alkyl halides is 1. The molecule has 0 radical (unpaired) electrons. The Morgan fingerprint density at radius 2 is 1.94 bits per heavy atom. The third-order valence-corrected chi connectivity index (χ3v) is 5.58. The number of hydrogen-bond donors (Lipinski definition) is 0. The van der Waals surface area contributed by atoms with Gasteiger partial charge in [0.05, 0.1) is 11.9 Å². The van der Waals surface area contributed by atoms with Crippen molar-refractivity contribution >= 4 is 21.6 Å².